The van der Waals surface area contributed by atoms with Crippen LogP contribution in [-0.2, 0) is 27.1 Å². The van der Waals surface area contributed by atoms with Crippen LogP contribution in [0.3, 0.4) is 0 Å². The van der Waals surface area contributed by atoms with E-state index >= 15 is 0 Å². The maximum absolute atomic E-state index is 11.4. The van der Waals surface area contributed by atoms with E-state index in [1.165, 1.54) is 16.7 Å². The Kier molecular flexibility index (Phi) is 3.99. The Morgan fingerprint density at radius 2 is 2.00 bits per heavy atom. The Labute approximate surface area is 136 Å². The highest BCUT2D eigenvalue weighted by Crippen LogP contribution is 2.36. The van der Waals surface area contributed by atoms with Crippen LogP contribution in [0.15, 0.2) is 18.2 Å². The largest absolute Gasteiger partial charge is 0.450 e. The number of aryl methyl sites for hydroxylation is 1. The lowest BCUT2D eigenvalue weighted by Crippen LogP contribution is -2.37. The average molecular weight is 317 g/mol. The van der Waals surface area contributed by atoms with Crippen LogP contribution in [-0.4, -0.2) is 38.2 Å². The molecule has 0 aromatic heterocycles. The number of alkyl carbamates (subject to hydrolysis) is 1. The number of carbonyl (C=O) groups excluding carboxylic acids is 1. The van der Waals surface area contributed by atoms with Gasteiger partial charge in [0.25, 0.3) is 0 Å². The van der Waals surface area contributed by atoms with E-state index < -0.39 is 0 Å². The van der Waals surface area contributed by atoms with Crippen molar-refractivity contribution in [3.8, 4) is 0 Å². The molecule has 0 saturated carbocycles. The van der Waals surface area contributed by atoms with Gasteiger partial charge >= 0.3 is 6.09 Å². The van der Waals surface area contributed by atoms with Crippen LogP contribution in [0.5, 0.6) is 0 Å². The summed E-state index contributed by atoms with van der Waals surface area (Å²) in [5, 5.41) is 2.85. The van der Waals surface area contributed by atoms with E-state index in [0.717, 1.165) is 32.1 Å². The van der Waals surface area contributed by atoms with E-state index in [1.54, 1.807) is 0 Å². The van der Waals surface area contributed by atoms with Gasteiger partial charge in [-0.25, -0.2) is 4.79 Å². The Balaban J connectivity index is 1.52. The second-order valence-electron chi connectivity index (χ2n) is 6.67. The van der Waals surface area contributed by atoms with Gasteiger partial charge in [-0.15, -0.1) is 0 Å². The standard InChI is InChI=1S/C18H23NO4/c20-17-19-12-16(2-1-7-21-17)13-3-4-15-11-18(22-8-9-23-18)6-5-14(15)10-13/h3-4,10,16H,1-2,5-9,11-12H2,(H,19,20)/t16-/m0/s1. The first-order valence-electron chi connectivity index (χ1n) is 8.54. The maximum Gasteiger partial charge on any atom is 0.407 e. The number of amides is 1. The first-order chi connectivity index (χ1) is 11.2. The summed E-state index contributed by atoms with van der Waals surface area (Å²) in [6, 6.07) is 6.73. The summed E-state index contributed by atoms with van der Waals surface area (Å²) in [6.07, 6.45) is 4.42. The average Bonchev–Trinajstić information content (AvgIpc) is 2.99. The molecule has 1 spiro atoms. The monoisotopic (exact) mass is 317 g/mol. The van der Waals surface area contributed by atoms with Gasteiger partial charge < -0.3 is 19.5 Å². The fraction of sp³-hybridized carbons (Fsp3) is 0.611. The van der Waals surface area contributed by atoms with Crippen molar-refractivity contribution in [1.29, 1.82) is 0 Å². The number of rotatable bonds is 1. The molecule has 0 bridgehead atoms. The van der Waals surface area contributed by atoms with E-state index in [2.05, 4.69) is 23.5 Å². The molecule has 124 valence electrons. The van der Waals surface area contributed by atoms with E-state index in [1.807, 2.05) is 0 Å². The molecule has 1 aromatic carbocycles. The topological polar surface area (TPSA) is 56.8 Å². The van der Waals surface area contributed by atoms with Gasteiger partial charge in [0, 0.05) is 25.3 Å². The van der Waals surface area contributed by atoms with Crippen molar-refractivity contribution in [3.05, 3.63) is 34.9 Å². The predicted octanol–water partition coefficient (Wildman–Crippen LogP) is 2.52. The van der Waals surface area contributed by atoms with Crippen molar-refractivity contribution < 1.29 is 19.0 Å². The van der Waals surface area contributed by atoms with Crippen LogP contribution in [0.2, 0.25) is 0 Å². The minimum atomic E-state index is -0.375. The summed E-state index contributed by atoms with van der Waals surface area (Å²) in [5.74, 6) is -0.0110. The molecule has 4 rings (SSSR count). The third kappa shape index (κ3) is 3.08. The van der Waals surface area contributed by atoms with Crippen LogP contribution in [0.1, 0.15) is 41.9 Å². The zero-order valence-corrected chi connectivity index (χ0v) is 13.3. The zero-order valence-electron chi connectivity index (χ0n) is 13.3. The Morgan fingerprint density at radius 3 is 2.87 bits per heavy atom. The van der Waals surface area contributed by atoms with Gasteiger partial charge in [-0.3, -0.25) is 0 Å². The van der Waals surface area contributed by atoms with Gasteiger partial charge in [0.2, 0.25) is 0 Å². The fourth-order valence-corrected chi connectivity index (χ4v) is 3.89. The van der Waals surface area contributed by atoms with Crippen molar-refractivity contribution in [2.75, 3.05) is 26.4 Å². The molecule has 2 saturated heterocycles. The van der Waals surface area contributed by atoms with Crippen molar-refractivity contribution >= 4 is 6.09 Å². The molecule has 3 aliphatic rings. The number of hydrogen-bond donors (Lipinski definition) is 1. The van der Waals surface area contributed by atoms with Crippen molar-refractivity contribution in [3.63, 3.8) is 0 Å². The summed E-state index contributed by atoms with van der Waals surface area (Å²) in [6.45, 7) is 2.56. The number of nitrogens with one attached hydrogen (secondary N) is 1. The number of benzene rings is 1. The minimum Gasteiger partial charge on any atom is -0.450 e. The van der Waals surface area contributed by atoms with Crippen LogP contribution in [0.4, 0.5) is 4.79 Å². The van der Waals surface area contributed by atoms with Gasteiger partial charge in [-0.1, -0.05) is 18.2 Å². The van der Waals surface area contributed by atoms with Crippen LogP contribution in [0, 0.1) is 0 Å². The molecule has 2 fully saturated rings. The van der Waals surface area contributed by atoms with Gasteiger partial charge in [-0.05, 0) is 36.0 Å². The lowest BCUT2D eigenvalue weighted by molar-refractivity contribution is -0.163. The third-order valence-electron chi connectivity index (χ3n) is 5.17. The molecule has 23 heavy (non-hydrogen) atoms. The third-order valence-corrected chi connectivity index (χ3v) is 5.17. The molecule has 1 amide bonds. The molecular formula is C18H23NO4. The maximum atomic E-state index is 11.4. The summed E-state index contributed by atoms with van der Waals surface area (Å²) in [5.41, 5.74) is 4.05. The number of carbonyl (C=O) groups is 1. The van der Waals surface area contributed by atoms with Gasteiger partial charge in [0.05, 0.1) is 19.8 Å². The van der Waals surface area contributed by atoms with Crippen molar-refractivity contribution in [1.82, 2.24) is 5.32 Å². The number of cyclic esters (lactones) is 1. The smallest absolute Gasteiger partial charge is 0.407 e. The summed E-state index contributed by atoms with van der Waals surface area (Å²) >= 11 is 0. The molecular weight excluding hydrogens is 294 g/mol. The van der Waals surface area contributed by atoms with Crippen molar-refractivity contribution in [2.45, 2.75) is 43.8 Å². The number of hydrogen-bond acceptors (Lipinski definition) is 4. The van der Waals surface area contributed by atoms with E-state index in [0.29, 0.717) is 32.3 Å². The molecule has 1 N–H and O–H groups in total. The van der Waals surface area contributed by atoms with Crippen LogP contribution >= 0.6 is 0 Å². The minimum absolute atomic E-state index is 0.301. The van der Waals surface area contributed by atoms with Crippen molar-refractivity contribution in [2.24, 2.45) is 0 Å². The molecule has 0 unspecified atom stereocenters. The van der Waals surface area contributed by atoms with Gasteiger partial charge in [-0.2, -0.15) is 0 Å². The highest BCUT2D eigenvalue weighted by atomic mass is 16.7. The second kappa shape index (κ2) is 6.13. The Morgan fingerprint density at radius 1 is 1.13 bits per heavy atom. The summed E-state index contributed by atoms with van der Waals surface area (Å²) in [4.78, 5) is 11.4. The number of ether oxygens (including phenoxy) is 3. The first-order valence-corrected chi connectivity index (χ1v) is 8.54. The molecule has 5 nitrogen and oxygen atoms in total. The first kappa shape index (κ1) is 15.0. The highest BCUT2D eigenvalue weighted by molar-refractivity contribution is 5.67. The molecule has 2 heterocycles. The Bertz CT molecular complexity index is 595. The fourth-order valence-electron chi connectivity index (χ4n) is 3.89. The molecule has 5 heteroatoms. The molecule has 1 atom stereocenters. The summed E-state index contributed by atoms with van der Waals surface area (Å²) in [7, 11) is 0. The SMILES string of the molecule is O=C1NC[C@@H](c2ccc3c(c2)CCC2(C3)OCCO2)CCCO1. The Hall–Kier alpha value is -1.59. The molecule has 1 aromatic rings. The molecule has 0 radical (unpaired) electrons. The van der Waals surface area contributed by atoms with E-state index in [9.17, 15) is 4.79 Å². The van der Waals surface area contributed by atoms with Gasteiger partial charge in [0.1, 0.15) is 0 Å². The van der Waals surface area contributed by atoms with Gasteiger partial charge in [0.15, 0.2) is 5.79 Å². The summed E-state index contributed by atoms with van der Waals surface area (Å²) < 4.78 is 16.7. The lowest BCUT2D eigenvalue weighted by Gasteiger charge is -2.33. The zero-order chi connectivity index (χ0) is 15.7. The second-order valence-corrected chi connectivity index (χ2v) is 6.67. The predicted molar refractivity (Wildman–Crippen MR) is 84.4 cm³/mol. The number of fused-ring (bicyclic) bond motifs is 1. The quantitative estimate of drug-likeness (QED) is 0.865. The van der Waals surface area contributed by atoms with Crippen LogP contribution in [0.25, 0.3) is 0 Å². The highest BCUT2D eigenvalue weighted by Gasteiger charge is 2.39. The molecule has 2 aliphatic heterocycles. The normalized spacial score (nSPS) is 26.8. The van der Waals surface area contributed by atoms with E-state index in [4.69, 9.17) is 14.2 Å². The van der Waals surface area contributed by atoms with Crippen LogP contribution < -0.4 is 5.32 Å². The lowest BCUT2D eigenvalue weighted by atomic mass is 9.83. The molecule has 1 aliphatic carbocycles. The van der Waals surface area contributed by atoms with E-state index in [-0.39, 0.29) is 11.9 Å².